The summed E-state index contributed by atoms with van der Waals surface area (Å²) < 4.78 is 1.75. The first-order valence-electron chi connectivity index (χ1n) is 7.79. The smallest absolute Gasteiger partial charge is 0.263 e. The maximum absolute atomic E-state index is 12.2. The van der Waals surface area contributed by atoms with Crippen LogP contribution < -0.4 is 10.9 Å². The Morgan fingerprint density at radius 2 is 2.09 bits per heavy atom. The highest BCUT2D eigenvalue weighted by atomic mass is 16.3. The lowest BCUT2D eigenvalue weighted by Crippen LogP contribution is -2.37. The molecule has 0 aromatic carbocycles. The molecule has 1 saturated carbocycles. The molecule has 1 aliphatic rings. The van der Waals surface area contributed by atoms with Crippen LogP contribution in [-0.4, -0.2) is 37.0 Å². The number of nitrogens with one attached hydrogen (secondary N) is 2. The Balaban J connectivity index is 1.99. The van der Waals surface area contributed by atoms with Crippen molar-refractivity contribution in [2.75, 3.05) is 5.32 Å². The summed E-state index contributed by atoms with van der Waals surface area (Å²) in [5, 5.41) is 18.0. The van der Waals surface area contributed by atoms with Crippen LogP contribution in [0.5, 0.6) is 0 Å². The molecule has 3 N–H and O–H groups in total. The number of anilines is 1. The summed E-state index contributed by atoms with van der Waals surface area (Å²) in [5.74, 6) is 0.398. The monoisotopic (exact) mass is 305 g/mol. The lowest BCUT2D eigenvalue weighted by Gasteiger charge is -2.28. The number of rotatable bonds is 2. The number of H-pyrrole nitrogens is 1. The highest BCUT2D eigenvalue weighted by Gasteiger charge is 2.24. The predicted molar refractivity (Wildman–Crippen MR) is 85.0 cm³/mol. The van der Waals surface area contributed by atoms with E-state index in [1.165, 1.54) is 0 Å². The molecule has 3 rings (SSSR count). The van der Waals surface area contributed by atoms with Crippen molar-refractivity contribution in [3.63, 3.8) is 0 Å². The number of aromatic nitrogens is 4. The molecule has 22 heavy (non-hydrogen) atoms. The van der Waals surface area contributed by atoms with Gasteiger partial charge in [-0.25, -0.2) is 4.68 Å². The lowest BCUT2D eigenvalue weighted by molar-refractivity contribution is 0.116. The van der Waals surface area contributed by atoms with Gasteiger partial charge in [0.15, 0.2) is 5.65 Å². The van der Waals surface area contributed by atoms with E-state index in [9.17, 15) is 9.90 Å². The Kier molecular flexibility index (Phi) is 3.68. The maximum Gasteiger partial charge on any atom is 0.263 e. The van der Waals surface area contributed by atoms with Crippen LogP contribution in [0.15, 0.2) is 11.0 Å². The Morgan fingerprint density at radius 3 is 2.77 bits per heavy atom. The van der Waals surface area contributed by atoms with Crippen molar-refractivity contribution >= 4 is 17.0 Å². The molecule has 2 atom stereocenters. The highest BCUT2D eigenvalue weighted by molar-refractivity contribution is 5.74. The number of hydrogen-bond donors (Lipinski definition) is 3. The Bertz CT molecular complexity index is 728. The minimum Gasteiger partial charge on any atom is -0.391 e. The molecule has 0 bridgehead atoms. The first kappa shape index (κ1) is 15.0. The second-order valence-corrected chi connectivity index (χ2v) is 6.98. The molecule has 7 nitrogen and oxygen atoms in total. The Labute approximate surface area is 128 Å². The molecular weight excluding hydrogens is 282 g/mol. The van der Waals surface area contributed by atoms with E-state index in [2.05, 4.69) is 20.4 Å². The first-order valence-corrected chi connectivity index (χ1v) is 7.79. The summed E-state index contributed by atoms with van der Waals surface area (Å²) in [5.41, 5.74) is 0.0850. The zero-order valence-corrected chi connectivity index (χ0v) is 13.3. The zero-order chi connectivity index (χ0) is 15.9. The first-order chi connectivity index (χ1) is 10.4. The summed E-state index contributed by atoms with van der Waals surface area (Å²) in [6, 6.07) is -0.0691. The van der Waals surface area contributed by atoms with Crippen LogP contribution in [0, 0.1) is 0 Å². The van der Waals surface area contributed by atoms with Gasteiger partial charge < -0.3 is 10.4 Å². The molecule has 7 heteroatoms. The second-order valence-electron chi connectivity index (χ2n) is 6.98. The molecule has 1 aliphatic carbocycles. The van der Waals surface area contributed by atoms with E-state index in [0.717, 1.165) is 25.7 Å². The van der Waals surface area contributed by atoms with Crippen LogP contribution in [0.2, 0.25) is 0 Å². The fourth-order valence-electron chi connectivity index (χ4n) is 2.93. The third kappa shape index (κ3) is 2.72. The van der Waals surface area contributed by atoms with E-state index >= 15 is 0 Å². The number of fused-ring (bicyclic) bond motifs is 1. The number of aromatic amines is 1. The van der Waals surface area contributed by atoms with Gasteiger partial charge in [0.1, 0.15) is 5.39 Å². The number of aliphatic hydroxyl groups is 1. The molecular formula is C15H23N5O2. The van der Waals surface area contributed by atoms with E-state index < -0.39 is 6.10 Å². The summed E-state index contributed by atoms with van der Waals surface area (Å²) >= 11 is 0. The van der Waals surface area contributed by atoms with Gasteiger partial charge in [-0.15, -0.1) is 0 Å². The van der Waals surface area contributed by atoms with Crippen molar-refractivity contribution in [2.24, 2.45) is 0 Å². The van der Waals surface area contributed by atoms with Crippen LogP contribution in [0.4, 0.5) is 5.95 Å². The minimum absolute atomic E-state index is 0.0691. The number of hydrogen-bond acceptors (Lipinski definition) is 5. The fraction of sp³-hybridized carbons (Fsp3) is 0.667. The number of nitrogens with zero attached hydrogens (tertiary/aromatic N) is 3. The van der Waals surface area contributed by atoms with Gasteiger partial charge in [0.25, 0.3) is 5.56 Å². The third-order valence-corrected chi connectivity index (χ3v) is 4.13. The molecule has 2 aromatic rings. The summed E-state index contributed by atoms with van der Waals surface area (Å²) in [4.78, 5) is 19.5. The molecule has 0 unspecified atom stereocenters. The van der Waals surface area contributed by atoms with Crippen molar-refractivity contribution < 1.29 is 5.11 Å². The zero-order valence-electron chi connectivity index (χ0n) is 13.3. The Morgan fingerprint density at radius 1 is 1.36 bits per heavy atom. The SMILES string of the molecule is CC(C)(C)n1ncc2c(=O)[nH]c(N[C@H]3CCCC[C@@H]3O)nc21. The fourth-order valence-corrected chi connectivity index (χ4v) is 2.93. The average Bonchev–Trinajstić information content (AvgIpc) is 2.86. The highest BCUT2D eigenvalue weighted by Crippen LogP contribution is 2.22. The van der Waals surface area contributed by atoms with Crippen molar-refractivity contribution in [2.45, 2.75) is 64.1 Å². The van der Waals surface area contributed by atoms with Crippen LogP contribution >= 0.6 is 0 Å². The standard InChI is InChI=1S/C15H23N5O2/c1-15(2,3)20-12-9(8-16-20)13(22)19-14(18-12)17-10-6-4-5-7-11(10)21/h8,10-11,21H,4-7H2,1-3H3,(H2,17,18,19,22)/t10-,11-/m0/s1. The van der Waals surface area contributed by atoms with Crippen molar-refractivity contribution in [1.82, 2.24) is 19.7 Å². The van der Waals surface area contributed by atoms with Crippen molar-refractivity contribution in [1.29, 1.82) is 0 Å². The van der Waals surface area contributed by atoms with Crippen molar-refractivity contribution in [3.05, 3.63) is 16.6 Å². The molecule has 0 spiro atoms. The molecule has 0 radical (unpaired) electrons. The van der Waals surface area contributed by atoms with Gasteiger partial charge in [-0.3, -0.25) is 9.78 Å². The molecule has 0 amide bonds. The summed E-state index contributed by atoms with van der Waals surface area (Å²) in [6.07, 6.45) is 4.92. The van der Waals surface area contributed by atoms with Gasteiger partial charge in [0.2, 0.25) is 5.95 Å². The maximum atomic E-state index is 12.2. The van der Waals surface area contributed by atoms with E-state index in [-0.39, 0.29) is 17.1 Å². The van der Waals surface area contributed by atoms with Gasteiger partial charge in [-0.1, -0.05) is 12.8 Å². The molecule has 0 saturated heterocycles. The quantitative estimate of drug-likeness (QED) is 0.783. The normalized spacial score (nSPS) is 22.9. The lowest BCUT2D eigenvalue weighted by atomic mass is 9.93. The van der Waals surface area contributed by atoms with Crippen LogP contribution in [0.25, 0.3) is 11.0 Å². The number of aliphatic hydroxyl groups excluding tert-OH is 1. The van der Waals surface area contributed by atoms with Crippen LogP contribution in [0.3, 0.4) is 0 Å². The second kappa shape index (κ2) is 5.39. The Hall–Kier alpha value is -1.89. The molecule has 2 aromatic heterocycles. The average molecular weight is 305 g/mol. The predicted octanol–water partition coefficient (Wildman–Crippen LogP) is 1.59. The van der Waals surface area contributed by atoms with Crippen LogP contribution in [-0.2, 0) is 5.54 Å². The van der Waals surface area contributed by atoms with Gasteiger partial charge >= 0.3 is 0 Å². The third-order valence-electron chi connectivity index (χ3n) is 4.13. The van der Waals surface area contributed by atoms with E-state index in [1.807, 2.05) is 20.8 Å². The van der Waals surface area contributed by atoms with E-state index in [1.54, 1.807) is 10.9 Å². The van der Waals surface area contributed by atoms with Gasteiger partial charge in [-0.2, -0.15) is 10.1 Å². The molecule has 2 heterocycles. The summed E-state index contributed by atoms with van der Waals surface area (Å²) in [7, 11) is 0. The van der Waals surface area contributed by atoms with Crippen molar-refractivity contribution in [3.8, 4) is 0 Å². The minimum atomic E-state index is -0.401. The van der Waals surface area contributed by atoms with Crippen LogP contribution in [0.1, 0.15) is 46.5 Å². The van der Waals surface area contributed by atoms with Gasteiger partial charge in [0, 0.05) is 0 Å². The van der Waals surface area contributed by atoms with Gasteiger partial charge in [0.05, 0.1) is 23.9 Å². The summed E-state index contributed by atoms with van der Waals surface area (Å²) in [6.45, 7) is 6.04. The molecule has 1 fully saturated rings. The van der Waals surface area contributed by atoms with E-state index in [0.29, 0.717) is 17.0 Å². The molecule has 0 aliphatic heterocycles. The van der Waals surface area contributed by atoms with E-state index in [4.69, 9.17) is 0 Å². The van der Waals surface area contributed by atoms with Gasteiger partial charge in [-0.05, 0) is 33.6 Å². The topological polar surface area (TPSA) is 95.8 Å². The largest absolute Gasteiger partial charge is 0.391 e. The molecule has 120 valence electrons.